The molecule has 720 valence electrons. The molecule has 142 heavy (non-hydrogen) atoms. The fourth-order valence-corrected chi connectivity index (χ4v) is 20.4. The first-order valence-corrected chi connectivity index (χ1v) is 60.5. The number of aryl methyl sites for hydroxylation is 2. The minimum atomic E-state index is -1.37. The van der Waals surface area contributed by atoms with Crippen molar-refractivity contribution in [2.75, 3.05) is 0 Å². The quantitative estimate of drug-likeness (QED) is 0.0696. The molecule has 0 N–H and O–H groups in total. The standard InChI is InChI=1S/2C21H22NSi.2C20H20NSi.4C11H8N.4Ir/c1-16-8-13-21(22-15-16)18-11-9-17(10-12-18)19-6-5-7-20(14-19)23(2,3)4;1-16-9-14-20(22-15-16)18-12-10-17(11-13-18)19-7-5-6-8-21(19)23(2,3)4;1-22(2,3)19-8-6-7-18(15-19)16-10-12-17(13-11-16)20-9-4-5-14-21-20;1-22(2,3)20-10-5-4-8-18(20)16-11-13-17(14-12-16)19-9-6-7-15-21-19;4*1-2-6-10(7-3-1)11-8-4-5-9-12-11;;;;/h5-11,13-15H,1-4H3;5-12,14-15H,1-4H3;4-12,14-15H,1-3H3;4-13,15H,1-3H3;4*1-6,8-9H;;;;/q8*-1;;;;. The monoisotopic (exact) mass is 2620 g/mol. The third kappa shape index (κ3) is 34.9. The molecule has 20 rings (SSSR count). The molecule has 0 aliphatic carbocycles. The van der Waals surface area contributed by atoms with Crippen molar-refractivity contribution in [2.45, 2.75) is 92.4 Å². The van der Waals surface area contributed by atoms with Crippen molar-refractivity contribution in [1.29, 1.82) is 0 Å². The van der Waals surface area contributed by atoms with Crippen LogP contribution >= 0.6 is 0 Å². The Morgan fingerprint density at radius 2 is 0.423 bits per heavy atom. The zero-order chi connectivity index (χ0) is 97.0. The van der Waals surface area contributed by atoms with Crippen LogP contribution < -0.4 is 20.7 Å². The number of benzene rings is 12. The Morgan fingerprint density at radius 3 is 0.634 bits per heavy atom. The molecular formula is C126H116Ir4N8Si4-8. The van der Waals surface area contributed by atoms with Crippen LogP contribution in [0.15, 0.2) is 450 Å². The van der Waals surface area contributed by atoms with E-state index >= 15 is 0 Å². The van der Waals surface area contributed by atoms with Gasteiger partial charge in [0.1, 0.15) is 0 Å². The molecule has 16 heteroatoms. The van der Waals surface area contributed by atoms with Crippen LogP contribution in [-0.4, -0.2) is 72.2 Å². The topological polar surface area (TPSA) is 103 Å². The molecule has 0 fully saturated rings. The van der Waals surface area contributed by atoms with Gasteiger partial charge in [-0.15, -0.1) is 263 Å². The molecule has 8 nitrogen and oxygen atoms in total. The third-order valence-electron chi connectivity index (χ3n) is 22.3. The molecule has 0 aliphatic heterocycles. The molecule has 0 bridgehead atoms. The summed E-state index contributed by atoms with van der Waals surface area (Å²) in [7, 11) is -5.30. The average Bonchev–Trinajstić information content (AvgIpc) is 0.805. The van der Waals surface area contributed by atoms with E-state index in [0.29, 0.717) is 0 Å². The summed E-state index contributed by atoms with van der Waals surface area (Å²) in [4.78, 5) is 34.6. The Labute approximate surface area is 901 Å². The van der Waals surface area contributed by atoms with Crippen LogP contribution in [0.5, 0.6) is 0 Å². The van der Waals surface area contributed by atoms with Gasteiger partial charge in [0.25, 0.3) is 0 Å². The summed E-state index contributed by atoms with van der Waals surface area (Å²) in [6.45, 7) is 32.7. The van der Waals surface area contributed by atoms with Crippen molar-refractivity contribution in [1.82, 2.24) is 39.9 Å². The van der Waals surface area contributed by atoms with Gasteiger partial charge in [-0.25, -0.2) is 0 Å². The zero-order valence-electron chi connectivity index (χ0n) is 82.6. The van der Waals surface area contributed by atoms with Gasteiger partial charge in [0.15, 0.2) is 0 Å². The van der Waals surface area contributed by atoms with Crippen LogP contribution in [0, 0.1) is 62.4 Å². The summed E-state index contributed by atoms with van der Waals surface area (Å²) in [5.74, 6) is 0. The van der Waals surface area contributed by atoms with Crippen molar-refractivity contribution in [3.05, 3.63) is 510 Å². The zero-order valence-corrected chi connectivity index (χ0v) is 96.2. The largest absolute Gasteiger partial charge is 0.305 e. The van der Waals surface area contributed by atoms with Crippen LogP contribution in [0.2, 0.25) is 78.6 Å². The molecule has 4 radical (unpaired) electrons. The third-order valence-corrected chi connectivity index (χ3v) is 30.5. The van der Waals surface area contributed by atoms with E-state index in [1.165, 1.54) is 76.4 Å². The van der Waals surface area contributed by atoms with Crippen molar-refractivity contribution < 1.29 is 80.4 Å². The maximum Gasteiger partial charge on any atom is 0.0775 e. The first kappa shape index (κ1) is 113. The molecule has 8 aromatic heterocycles. The number of pyridine rings is 8. The van der Waals surface area contributed by atoms with Gasteiger partial charge in [0.2, 0.25) is 0 Å². The molecule has 0 unspecified atom stereocenters. The smallest absolute Gasteiger partial charge is 0.0775 e. The fraction of sp³-hybridized carbons (Fsp3) is 0.111. The van der Waals surface area contributed by atoms with Crippen LogP contribution in [0.4, 0.5) is 0 Å². The predicted octanol–water partition coefficient (Wildman–Crippen LogP) is 29.8. The molecule has 0 atom stereocenters. The van der Waals surface area contributed by atoms with Crippen LogP contribution in [0.25, 0.3) is 135 Å². The fourth-order valence-electron chi connectivity index (χ4n) is 14.7. The predicted molar refractivity (Wildman–Crippen MR) is 591 cm³/mol. The second kappa shape index (κ2) is 56.8. The molecule has 20 aromatic rings. The molecule has 0 saturated heterocycles. The van der Waals surface area contributed by atoms with Crippen molar-refractivity contribution in [3.63, 3.8) is 0 Å². The Bertz CT molecular complexity index is 6560. The first-order valence-electron chi connectivity index (χ1n) is 46.5. The Hall–Kier alpha value is -12.7. The number of aromatic nitrogens is 8. The normalized spacial score (nSPS) is 10.5. The van der Waals surface area contributed by atoms with Crippen molar-refractivity contribution >= 4 is 53.0 Å². The molecule has 0 spiro atoms. The first-order chi connectivity index (χ1) is 66.8. The Balaban J connectivity index is 0.000000183. The summed E-state index contributed by atoms with van der Waals surface area (Å²) in [5.41, 5.74) is 28.5. The average molecular weight is 2620 g/mol. The van der Waals surface area contributed by atoms with Crippen LogP contribution in [0.3, 0.4) is 0 Å². The summed E-state index contributed by atoms with van der Waals surface area (Å²) >= 11 is 0. The molecule has 0 aliphatic rings. The summed E-state index contributed by atoms with van der Waals surface area (Å²) in [5, 5.41) is 5.96. The summed E-state index contributed by atoms with van der Waals surface area (Å²) < 4.78 is 0. The summed E-state index contributed by atoms with van der Waals surface area (Å²) in [6, 6.07) is 162. The van der Waals surface area contributed by atoms with Gasteiger partial charge in [-0.05, 0) is 107 Å². The van der Waals surface area contributed by atoms with E-state index in [0.717, 1.165) is 90.1 Å². The molecule has 0 saturated carbocycles. The van der Waals surface area contributed by atoms with Gasteiger partial charge in [-0.1, -0.05) is 338 Å². The van der Waals surface area contributed by atoms with E-state index in [1.807, 2.05) is 237 Å². The van der Waals surface area contributed by atoms with Crippen LogP contribution in [0.1, 0.15) is 11.1 Å². The molecule has 0 amide bonds. The van der Waals surface area contributed by atoms with E-state index in [2.05, 4.69) is 369 Å². The molecule has 8 heterocycles. The maximum absolute atomic E-state index is 4.48. The number of nitrogens with zero attached hydrogens (tertiary/aromatic N) is 8. The minimum absolute atomic E-state index is 0. The van der Waals surface area contributed by atoms with E-state index in [9.17, 15) is 0 Å². The van der Waals surface area contributed by atoms with Gasteiger partial charge in [0.05, 0.1) is 32.3 Å². The van der Waals surface area contributed by atoms with E-state index in [4.69, 9.17) is 0 Å². The minimum Gasteiger partial charge on any atom is -0.305 e. The SMILES string of the molecule is C[Si](C)(C)c1cccc(-c2c[c-]c(-c3ccccn3)cc2)c1.C[Si](C)(C)c1ccccc1-c1c[c-]c(-c2ccccn2)cc1.Cc1ccc(-c2[c-]cc(-c3cccc([Si](C)(C)C)c3)cc2)nc1.Cc1ccc(-c2[c-]cc(-c3ccccc3[Si](C)(C)C)cc2)nc1.[Ir].[Ir].[Ir].[Ir].[c-]1ccccc1-c1ccccn1.[c-]1ccccc1-c1ccccn1.[c-]1ccccc1-c1ccccn1.[c-]1ccccc1-c1ccccn1. The second-order valence-electron chi connectivity index (χ2n) is 37.1. The van der Waals surface area contributed by atoms with Gasteiger partial charge in [-0.3, -0.25) is 0 Å². The second-order valence-corrected chi connectivity index (χ2v) is 57.3. The van der Waals surface area contributed by atoms with Gasteiger partial charge < -0.3 is 39.9 Å². The van der Waals surface area contributed by atoms with Gasteiger partial charge in [-0.2, -0.15) is 0 Å². The van der Waals surface area contributed by atoms with E-state index < -0.39 is 32.3 Å². The molecular weight excluding hydrogens is 2510 g/mol. The summed E-state index contributed by atoms with van der Waals surface area (Å²) in [6.07, 6.45) is 14.6. The number of hydrogen-bond donors (Lipinski definition) is 0. The van der Waals surface area contributed by atoms with Gasteiger partial charge >= 0.3 is 0 Å². The van der Waals surface area contributed by atoms with E-state index in [-0.39, 0.29) is 80.4 Å². The molecule has 12 aromatic carbocycles. The van der Waals surface area contributed by atoms with Crippen LogP contribution in [-0.2, 0) is 80.4 Å². The van der Waals surface area contributed by atoms with Crippen molar-refractivity contribution in [3.8, 4) is 135 Å². The van der Waals surface area contributed by atoms with Gasteiger partial charge in [0, 0.05) is 130 Å². The van der Waals surface area contributed by atoms with Crippen molar-refractivity contribution in [2.24, 2.45) is 0 Å². The number of hydrogen-bond acceptors (Lipinski definition) is 8. The van der Waals surface area contributed by atoms with E-state index in [1.54, 1.807) is 24.8 Å². The number of rotatable bonds is 16. The Morgan fingerprint density at radius 1 is 0.183 bits per heavy atom. The Kier molecular flexibility index (Phi) is 45.2. The maximum atomic E-state index is 4.48.